The third-order valence-electron chi connectivity index (χ3n) is 3.15. The molecule has 0 unspecified atom stereocenters. The molecule has 1 aromatic carbocycles. The highest BCUT2D eigenvalue weighted by Crippen LogP contribution is 2.23. The van der Waals surface area contributed by atoms with Crippen LogP contribution >= 0.6 is 0 Å². The van der Waals surface area contributed by atoms with Crippen LogP contribution in [0.25, 0.3) is 5.57 Å². The standard InChI is InChI=1S/C14H15N3O2/c1-10-8-19-9-13-14(10)17(16-15-13)7-11-3-5-12(18-2)6-4-11/h3-6H,1,7-9H2,2H3. The summed E-state index contributed by atoms with van der Waals surface area (Å²) in [5, 5.41) is 8.32. The molecule has 5 nitrogen and oxygen atoms in total. The molecule has 0 aliphatic carbocycles. The molecule has 98 valence electrons. The highest BCUT2D eigenvalue weighted by atomic mass is 16.5. The summed E-state index contributed by atoms with van der Waals surface area (Å²) < 4.78 is 12.4. The molecule has 0 N–H and O–H groups in total. The van der Waals surface area contributed by atoms with Crippen molar-refractivity contribution in [3.05, 3.63) is 47.8 Å². The maximum Gasteiger partial charge on any atom is 0.118 e. The minimum atomic E-state index is 0.511. The Labute approximate surface area is 111 Å². The summed E-state index contributed by atoms with van der Waals surface area (Å²) in [4.78, 5) is 0. The predicted molar refractivity (Wildman–Crippen MR) is 70.8 cm³/mol. The van der Waals surface area contributed by atoms with Crippen molar-refractivity contribution in [2.75, 3.05) is 13.7 Å². The van der Waals surface area contributed by atoms with Crippen LogP contribution in [0.2, 0.25) is 0 Å². The molecule has 0 bridgehead atoms. The quantitative estimate of drug-likeness (QED) is 0.842. The lowest BCUT2D eigenvalue weighted by Gasteiger charge is -2.15. The highest BCUT2D eigenvalue weighted by Gasteiger charge is 2.20. The van der Waals surface area contributed by atoms with Gasteiger partial charge in [-0.1, -0.05) is 23.9 Å². The van der Waals surface area contributed by atoms with Crippen molar-refractivity contribution in [3.63, 3.8) is 0 Å². The van der Waals surface area contributed by atoms with Gasteiger partial charge >= 0.3 is 0 Å². The molecule has 0 fully saturated rings. The van der Waals surface area contributed by atoms with Crippen LogP contribution in [0.1, 0.15) is 17.0 Å². The number of hydrogen-bond acceptors (Lipinski definition) is 4. The maximum absolute atomic E-state index is 5.37. The smallest absolute Gasteiger partial charge is 0.118 e. The van der Waals surface area contributed by atoms with E-state index in [0.29, 0.717) is 19.8 Å². The van der Waals surface area contributed by atoms with Gasteiger partial charge in [-0.3, -0.25) is 0 Å². The van der Waals surface area contributed by atoms with E-state index in [1.54, 1.807) is 7.11 Å². The lowest BCUT2D eigenvalue weighted by Crippen LogP contribution is -2.13. The van der Waals surface area contributed by atoms with Crippen LogP contribution in [0.4, 0.5) is 0 Å². The Hall–Kier alpha value is -2.14. The molecule has 2 aromatic rings. The van der Waals surface area contributed by atoms with E-state index >= 15 is 0 Å². The van der Waals surface area contributed by atoms with Gasteiger partial charge in [0.15, 0.2) is 0 Å². The van der Waals surface area contributed by atoms with Crippen LogP contribution in [0.15, 0.2) is 30.8 Å². The van der Waals surface area contributed by atoms with Gasteiger partial charge in [-0.25, -0.2) is 4.68 Å². The number of ether oxygens (including phenoxy) is 2. The molecule has 1 aliphatic heterocycles. The Morgan fingerprint density at radius 1 is 1.32 bits per heavy atom. The number of fused-ring (bicyclic) bond motifs is 1. The molecule has 3 rings (SSSR count). The summed E-state index contributed by atoms with van der Waals surface area (Å²) in [6.07, 6.45) is 0. The zero-order chi connectivity index (χ0) is 13.2. The first-order valence-electron chi connectivity index (χ1n) is 6.09. The number of rotatable bonds is 3. The van der Waals surface area contributed by atoms with Crippen molar-refractivity contribution in [1.29, 1.82) is 0 Å². The van der Waals surface area contributed by atoms with Crippen LogP contribution in [-0.2, 0) is 17.9 Å². The Morgan fingerprint density at radius 3 is 2.84 bits per heavy atom. The van der Waals surface area contributed by atoms with E-state index in [2.05, 4.69) is 16.9 Å². The first-order chi connectivity index (χ1) is 9.28. The van der Waals surface area contributed by atoms with E-state index in [1.165, 1.54) is 0 Å². The van der Waals surface area contributed by atoms with Crippen molar-refractivity contribution in [1.82, 2.24) is 15.0 Å². The van der Waals surface area contributed by atoms with E-state index < -0.39 is 0 Å². The minimum absolute atomic E-state index is 0.511. The summed E-state index contributed by atoms with van der Waals surface area (Å²) in [7, 11) is 1.66. The van der Waals surface area contributed by atoms with E-state index in [1.807, 2.05) is 28.9 Å². The molecule has 5 heteroatoms. The largest absolute Gasteiger partial charge is 0.497 e. The van der Waals surface area contributed by atoms with E-state index in [4.69, 9.17) is 9.47 Å². The molecule has 0 amide bonds. The van der Waals surface area contributed by atoms with Gasteiger partial charge < -0.3 is 9.47 Å². The lowest BCUT2D eigenvalue weighted by atomic mass is 10.1. The second-order valence-electron chi connectivity index (χ2n) is 4.49. The molecule has 0 radical (unpaired) electrons. The molecule has 1 aliphatic rings. The second-order valence-corrected chi connectivity index (χ2v) is 4.49. The average Bonchev–Trinajstić information content (AvgIpc) is 2.84. The van der Waals surface area contributed by atoms with Crippen LogP contribution in [0, 0.1) is 0 Å². The van der Waals surface area contributed by atoms with Crippen LogP contribution in [-0.4, -0.2) is 28.7 Å². The summed E-state index contributed by atoms with van der Waals surface area (Å²) in [6, 6.07) is 7.93. The first-order valence-corrected chi connectivity index (χ1v) is 6.09. The summed E-state index contributed by atoms with van der Waals surface area (Å²) in [5.41, 5.74) is 3.94. The fraction of sp³-hybridized carbons (Fsp3) is 0.286. The average molecular weight is 257 g/mol. The van der Waals surface area contributed by atoms with Gasteiger partial charge in [0.2, 0.25) is 0 Å². The monoisotopic (exact) mass is 257 g/mol. The lowest BCUT2D eigenvalue weighted by molar-refractivity contribution is 0.143. The van der Waals surface area contributed by atoms with Gasteiger partial charge in [0, 0.05) is 0 Å². The van der Waals surface area contributed by atoms with Crippen molar-refractivity contribution in [2.24, 2.45) is 0 Å². The van der Waals surface area contributed by atoms with E-state index in [0.717, 1.165) is 28.3 Å². The third-order valence-corrected chi connectivity index (χ3v) is 3.15. The van der Waals surface area contributed by atoms with Gasteiger partial charge in [0.05, 0.1) is 32.6 Å². The Morgan fingerprint density at radius 2 is 2.11 bits per heavy atom. The van der Waals surface area contributed by atoms with E-state index in [9.17, 15) is 0 Å². The normalized spacial score (nSPS) is 14.3. The molecular formula is C14H15N3O2. The molecule has 0 saturated heterocycles. The molecule has 19 heavy (non-hydrogen) atoms. The molecule has 0 saturated carbocycles. The Kier molecular flexibility index (Phi) is 3.05. The van der Waals surface area contributed by atoms with Crippen LogP contribution < -0.4 is 4.74 Å². The number of aromatic nitrogens is 3. The second kappa shape index (κ2) is 4.85. The van der Waals surface area contributed by atoms with Gasteiger partial charge in [-0.2, -0.15) is 0 Å². The first kappa shape index (κ1) is 11.9. The molecule has 0 spiro atoms. The number of methoxy groups -OCH3 is 1. The topological polar surface area (TPSA) is 49.2 Å². The highest BCUT2D eigenvalue weighted by molar-refractivity contribution is 5.64. The zero-order valence-electron chi connectivity index (χ0n) is 10.8. The summed E-state index contributed by atoms with van der Waals surface area (Å²) in [5.74, 6) is 0.849. The van der Waals surface area contributed by atoms with Crippen LogP contribution in [0.3, 0.4) is 0 Å². The number of nitrogens with zero attached hydrogens (tertiary/aromatic N) is 3. The van der Waals surface area contributed by atoms with Gasteiger partial charge in [-0.05, 0) is 23.3 Å². The zero-order valence-corrected chi connectivity index (χ0v) is 10.8. The summed E-state index contributed by atoms with van der Waals surface area (Å²) in [6.45, 7) is 5.74. The van der Waals surface area contributed by atoms with Gasteiger partial charge in [0.1, 0.15) is 11.4 Å². The third kappa shape index (κ3) is 2.24. The predicted octanol–water partition coefficient (Wildman–Crippen LogP) is 1.88. The molecule has 1 aromatic heterocycles. The van der Waals surface area contributed by atoms with Crippen molar-refractivity contribution in [2.45, 2.75) is 13.2 Å². The van der Waals surface area contributed by atoms with Crippen molar-refractivity contribution < 1.29 is 9.47 Å². The van der Waals surface area contributed by atoms with Gasteiger partial charge in [-0.15, -0.1) is 5.10 Å². The molecule has 0 atom stereocenters. The summed E-state index contributed by atoms with van der Waals surface area (Å²) >= 11 is 0. The fourth-order valence-corrected chi connectivity index (χ4v) is 2.19. The van der Waals surface area contributed by atoms with Gasteiger partial charge in [0.25, 0.3) is 0 Å². The Bertz CT molecular complexity index is 602. The molecular weight excluding hydrogens is 242 g/mol. The van der Waals surface area contributed by atoms with Crippen molar-refractivity contribution in [3.8, 4) is 5.75 Å². The van der Waals surface area contributed by atoms with Crippen LogP contribution in [0.5, 0.6) is 5.75 Å². The maximum atomic E-state index is 5.37. The number of benzene rings is 1. The van der Waals surface area contributed by atoms with E-state index in [-0.39, 0.29) is 0 Å². The van der Waals surface area contributed by atoms with Crippen molar-refractivity contribution >= 4 is 5.57 Å². The molecule has 2 heterocycles. The minimum Gasteiger partial charge on any atom is -0.497 e. The number of hydrogen-bond donors (Lipinski definition) is 0. The Balaban J connectivity index is 1.87. The SMILES string of the molecule is C=C1COCc2nnn(Cc3ccc(OC)cc3)c21. The fourth-order valence-electron chi connectivity index (χ4n) is 2.19.